The number of pyridine rings is 2. The first-order chi connectivity index (χ1) is 15.5. The number of piperidine rings is 1. The van der Waals surface area contributed by atoms with Gasteiger partial charge in [-0.05, 0) is 73.9 Å². The van der Waals surface area contributed by atoms with Crippen LogP contribution in [0.4, 0.5) is 11.5 Å². The summed E-state index contributed by atoms with van der Waals surface area (Å²) in [5.74, 6) is 2.60. The van der Waals surface area contributed by atoms with Gasteiger partial charge in [0.15, 0.2) is 5.82 Å². The summed E-state index contributed by atoms with van der Waals surface area (Å²) in [7, 11) is 0. The van der Waals surface area contributed by atoms with Crippen molar-refractivity contribution in [3.8, 4) is 0 Å². The van der Waals surface area contributed by atoms with Crippen LogP contribution in [0.3, 0.4) is 0 Å². The Morgan fingerprint density at radius 3 is 2.78 bits per heavy atom. The molecule has 1 N–H and O–H groups in total. The van der Waals surface area contributed by atoms with Crippen LogP contribution in [0.15, 0.2) is 71.3 Å². The molecule has 1 saturated heterocycles. The maximum Gasteiger partial charge on any atom is 0.155 e. The molecule has 0 bridgehead atoms. The second kappa shape index (κ2) is 8.53. The topological polar surface area (TPSA) is 53.4 Å². The molecule has 5 heteroatoms. The van der Waals surface area contributed by atoms with Gasteiger partial charge < -0.3 is 10.2 Å². The van der Waals surface area contributed by atoms with Crippen molar-refractivity contribution in [1.29, 1.82) is 0 Å². The molecule has 0 aromatic carbocycles. The van der Waals surface area contributed by atoms with Crippen LogP contribution < -0.4 is 10.2 Å². The van der Waals surface area contributed by atoms with Gasteiger partial charge in [-0.25, -0.2) is 9.98 Å². The number of nitrogens with one attached hydrogen (secondary N) is 1. The van der Waals surface area contributed by atoms with Crippen LogP contribution in [0.1, 0.15) is 58.4 Å². The molecule has 4 heterocycles. The van der Waals surface area contributed by atoms with Crippen LogP contribution in [-0.4, -0.2) is 28.4 Å². The number of rotatable bonds is 3. The Morgan fingerprint density at radius 1 is 1.12 bits per heavy atom. The molecule has 0 radical (unpaired) electrons. The van der Waals surface area contributed by atoms with Gasteiger partial charge in [0.2, 0.25) is 0 Å². The zero-order valence-electron chi connectivity index (χ0n) is 19.4. The van der Waals surface area contributed by atoms with E-state index in [1.807, 2.05) is 18.6 Å². The Morgan fingerprint density at radius 2 is 1.97 bits per heavy atom. The summed E-state index contributed by atoms with van der Waals surface area (Å²) in [6, 6.07) is 9.07. The molecular weight excluding hydrogens is 394 g/mol. The molecule has 166 valence electrons. The number of aromatic nitrogens is 2. The number of nitrogens with zero attached hydrogens (tertiary/aromatic N) is 4. The van der Waals surface area contributed by atoms with Crippen LogP contribution in [0.5, 0.6) is 0 Å². The molecular formula is C27H33N5. The van der Waals surface area contributed by atoms with Crippen LogP contribution in [0.25, 0.3) is 0 Å². The highest BCUT2D eigenvalue weighted by Crippen LogP contribution is 2.39. The molecule has 2 aromatic heterocycles. The van der Waals surface area contributed by atoms with E-state index < -0.39 is 0 Å². The lowest BCUT2D eigenvalue weighted by molar-refractivity contribution is 0.378. The summed E-state index contributed by atoms with van der Waals surface area (Å²) in [6.07, 6.45) is 15.7. The lowest BCUT2D eigenvalue weighted by Crippen LogP contribution is -2.40. The van der Waals surface area contributed by atoms with Gasteiger partial charge in [0.05, 0.1) is 0 Å². The fourth-order valence-corrected chi connectivity index (χ4v) is 5.41. The maximum atomic E-state index is 4.89. The minimum absolute atomic E-state index is 0.0244. The molecule has 0 amide bonds. The second-order valence-electron chi connectivity index (χ2n) is 9.91. The zero-order chi connectivity index (χ0) is 22.1. The van der Waals surface area contributed by atoms with Crippen molar-refractivity contribution in [1.82, 2.24) is 15.3 Å². The monoisotopic (exact) mass is 427 g/mol. The predicted octanol–water partition coefficient (Wildman–Crippen LogP) is 5.69. The molecule has 5 rings (SSSR count). The van der Waals surface area contributed by atoms with E-state index in [2.05, 4.69) is 77.4 Å². The zero-order valence-corrected chi connectivity index (χ0v) is 19.4. The molecule has 1 fully saturated rings. The number of amidine groups is 1. The van der Waals surface area contributed by atoms with Crippen molar-refractivity contribution in [3.63, 3.8) is 0 Å². The lowest BCUT2D eigenvalue weighted by Gasteiger charge is -2.38. The Bertz CT molecular complexity index is 1070. The van der Waals surface area contributed by atoms with E-state index in [9.17, 15) is 0 Å². The van der Waals surface area contributed by atoms with Gasteiger partial charge in [0.25, 0.3) is 0 Å². The highest BCUT2D eigenvalue weighted by atomic mass is 15.2. The SMILES string of the molecule is CC1CCN(c2ccnc(N=C3CCC4=C(C=CC(C)(c5ccncc5)C4)N3)c2)[C@H](C)C1. The Labute approximate surface area is 191 Å². The third-order valence-corrected chi connectivity index (χ3v) is 7.31. The summed E-state index contributed by atoms with van der Waals surface area (Å²) in [6.45, 7) is 8.10. The van der Waals surface area contributed by atoms with E-state index in [1.165, 1.54) is 35.4 Å². The van der Waals surface area contributed by atoms with Crippen molar-refractivity contribution in [2.75, 3.05) is 11.4 Å². The van der Waals surface area contributed by atoms with Crippen molar-refractivity contribution >= 4 is 17.3 Å². The average Bonchev–Trinajstić information content (AvgIpc) is 2.80. The molecule has 2 aromatic rings. The fraction of sp³-hybridized carbons (Fsp3) is 0.444. The minimum Gasteiger partial charge on any atom is -0.369 e. The van der Waals surface area contributed by atoms with Gasteiger partial charge >= 0.3 is 0 Å². The number of allylic oxidation sites excluding steroid dienone is 3. The molecule has 2 unspecified atom stereocenters. The minimum atomic E-state index is 0.0244. The van der Waals surface area contributed by atoms with E-state index in [0.717, 1.165) is 43.4 Å². The lowest BCUT2D eigenvalue weighted by atomic mass is 9.73. The van der Waals surface area contributed by atoms with Crippen LogP contribution in [0, 0.1) is 5.92 Å². The van der Waals surface area contributed by atoms with E-state index in [0.29, 0.717) is 6.04 Å². The molecule has 2 aliphatic heterocycles. The Balaban J connectivity index is 1.31. The molecule has 1 aliphatic carbocycles. The Hall–Kier alpha value is -2.95. The van der Waals surface area contributed by atoms with Gasteiger partial charge in [-0.3, -0.25) is 4.98 Å². The molecule has 3 atom stereocenters. The van der Waals surface area contributed by atoms with Crippen LogP contribution >= 0.6 is 0 Å². The highest BCUT2D eigenvalue weighted by molar-refractivity contribution is 5.88. The summed E-state index contributed by atoms with van der Waals surface area (Å²) in [5, 5.41) is 3.58. The van der Waals surface area contributed by atoms with Crippen molar-refractivity contribution in [3.05, 3.63) is 71.8 Å². The van der Waals surface area contributed by atoms with Gasteiger partial charge in [-0.15, -0.1) is 0 Å². The van der Waals surface area contributed by atoms with Crippen LogP contribution in [-0.2, 0) is 5.41 Å². The molecule has 3 aliphatic rings. The highest BCUT2D eigenvalue weighted by Gasteiger charge is 2.31. The van der Waals surface area contributed by atoms with Crippen molar-refractivity contribution in [2.24, 2.45) is 10.9 Å². The van der Waals surface area contributed by atoms with Gasteiger partial charge in [-0.1, -0.05) is 19.9 Å². The predicted molar refractivity (Wildman–Crippen MR) is 131 cm³/mol. The van der Waals surface area contributed by atoms with Gasteiger partial charge in [0, 0.05) is 60.5 Å². The molecule has 5 nitrogen and oxygen atoms in total. The van der Waals surface area contributed by atoms with Crippen molar-refractivity contribution in [2.45, 2.75) is 64.3 Å². The third-order valence-electron chi connectivity index (χ3n) is 7.31. The van der Waals surface area contributed by atoms with Gasteiger partial charge in [-0.2, -0.15) is 0 Å². The largest absolute Gasteiger partial charge is 0.369 e. The first kappa shape index (κ1) is 20.9. The first-order valence-corrected chi connectivity index (χ1v) is 11.9. The van der Waals surface area contributed by atoms with E-state index in [4.69, 9.17) is 4.99 Å². The summed E-state index contributed by atoms with van der Waals surface area (Å²) >= 11 is 0. The smallest absolute Gasteiger partial charge is 0.155 e. The number of aliphatic imine (C=N–C) groups is 1. The summed E-state index contributed by atoms with van der Waals surface area (Å²) in [4.78, 5) is 16.1. The number of anilines is 1. The first-order valence-electron chi connectivity index (χ1n) is 11.9. The standard InChI is InChI=1S/C27H33N5/c1-19-10-15-32(20(2)16-19)23-9-14-29-26(17-23)31-25-5-4-21-18-27(3,11-6-24(21)30-25)22-7-12-28-13-8-22/h6-9,11-14,17,19-20H,4-5,10,15-16,18H2,1-3H3,(H,29,30,31)/t19?,20-,27?/m1/s1. The maximum absolute atomic E-state index is 4.89. The molecule has 32 heavy (non-hydrogen) atoms. The quantitative estimate of drug-likeness (QED) is 0.684. The van der Waals surface area contributed by atoms with Gasteiger partial charge in [0.1, 0.15) is 5.84 Å². The molecule has 0 spiro atoms. The third kappa shape index (κ3) is 4.21. The van der Waals surface area contributed by atoms with Crippen LogP contribution in [0.2, 0.25) is 0 Å². The van der Waals surface area contributed by atoms with E-state index in [1.54, 1.807) is 0 Å². The second-order valence-corrected chi connectivity index (χ2v) is 9.91. The fourth-order valence-electron chi connectivity index (χ4n) is 5.41. The molecule has 0 saturated carbocycles. The Kier molecular flexibility index (Phi) is 5.58. The average molecular weight is 428 g/mol. The summed E-state index contributed by atoms with van der Waals surface area (Å²) < 4.78 is 0. The van der Waals surface area contributed by atoms with E-state index >= 15 is 0 Å². The number of hydrogen-bond donors (Lipinski definition) is 1. The normalized spacial score (nSPS) is 29.1. The summed E-state index contributed by atoms with van der Waals surface area (Å²) in [5.41, 5.74) is 5.26. The number of hydrogen-bond acceptors (Lipinski definition) is 4. The van der Waals surface area contributed by atoms with E-state index in [-0.39, 0.29) is 5.41 Å². The van der Waals surface area contributed by atoms with Crippen molar-refractivity contribution < 1.29 is 0 Å².